The Morgan fingerprint density at radius 1 is 1.18 bits per heavy atom. The van der Waals surface area contributed by atoms with Crippen molar-refractivity contribution in [3.63, 3.8) is 0 Å². The Morgan fingerprint density at radius 3 is 2.18 bits per heavy atom. The van der Waals surface area contributed by atoms with Crippen LogP contribution in [0.2, 0.25) is 0 Å². The monoisotopic (exact) mass is 235 g/mol. The molecule has 0 heterocycles. The standard InChI is InChI=1S/C14H21NO2/c1-8(2)10-6-11(9(3)4)13(15)12(7-10)14(16)17-5/h6-9H,15H2,1-5H3. The molecule has 3 nitrogen and oxygen atoms in total. The normalized spacial score (nSPS) is 11.0. The lowest BCUT2D eigenvalue weighted by molar-refractivity contribution is 0.0601. The van der Waals surface area contributed by atoms with Gasteiger partial charge in [-0.3, -0.25) is 0 Å². The predicted octanol–water partition coefficient (Wildman–Crippen LogP) is 3.30. The van der Waals surface area contributed by atoms with Crippen molar-refractivity contribution >= 4 is 11.7 Å². The van der Waals surface area contributed by atoms with Crippen molar-refractivity contribution in [1.82, 2.24) is 0 Å². The first kappa shape index (κ1) is 13.6. The lowest BCUT2D eigenvalue weighted by Crippen LogP contribution is -2.10. The minimum Gasteiger partial charge on any atom is -0.465 e. The Morgan fingerprint density at radius 2 is 1.76 bits per heavy atom. The topological polar surface area (TPSA) is 52.3 Å². The summed E-state index contributed by atoms with van der Waals surface area (Å²) < 4.78 is 4.77. The summed E-state index contributed by atoms with van der Waals surface area (Å²) in [6.07, 6.45) is 0. The van der Waals surface area contributed by atoms with Gasteiger partial charge in [-0.1, -0.05) is 33.8 Å². The molecule has 94 valence electrons. The minimum absolute atomic E-state index is 0.289. The van der Waals surface area contributed by atoms with Gasteiger partial charge in [0.1, 0.15) is 0 Å². The second-order valence-corrected chi connectivity index (χ2v) is 4.87. The van der Waals surface area contributed by atoms with Crippen molar-refractivity contribution in [1.29, 1.82) is 0 Å². The van der Waals surface area contributed by atoms with Gasteiger partial charge in [-0.05, 0) is 29.0 Å². The zero-order valence-electron chi connectivity index (χ0n) is 11.2. The van der Waals surface area contributed by atoms with Crippen LogP contribution in [0.15, 0.2) is 12.1 Å². The van der Waals surface area contributed by atoms with E-state index in [9.17, 15) is 4.79 Å². The SMILES string of the molecule is COC(=O)c1cc(C(C)C)cc(C(C)C)c1N. The van der Waals surface area contributed by atoms with Crippen molar-refractivity contribution in [2.75, 3.05) is 12.8 Å². The van der Waals surface area contributed by atoms with Gasteiger partial charge in [0.2, 0.25) is 0 Å². The van der Waals surface area contributed by atoms with Crippen LogP contribution in [-0.4, -0.2) is 13.1 Å². The van der Waals surface area contributed by atoms with Crippen molar-refractivity contribution < 1.29 is 9.53 Å². The van der Waals surface area contributed by atoms with Crippen molar-refractivity contribution in [3.05, 3.63) is 28.8 Å². The van der Waals surface area contributed by atoms with Crippen LogP contribution in [0.5, 0.6) is 0 Å². The molecule has 1 rings (SSSR count). The van der Waals surface area contributed by atoms with E-state index >= 15 is 0 Å². The Hall–Kier alpha value is -1.51. The first-order chi connectivity index (χ1) is 7.88. The largest absolute Gasteiger partial charge is 0.465 e. The summed E-state index contributed by atoms with van der Waals surface area (Å²) in [5, 5.41) is 0. The van der Waals surface area contributed by atoms with Crippen LogP contribution >= 0.6 is 0 Å². The van der Waals surface area contributed by atoms with Gasteiger partial charge < -0.3 is 10.5 Å². The number of benzene rings is 1. The smallest absolute Gasteiger partial charge is 0.339 e. The highest BCUT2D eigenvalue weighted by molar-refractivity contribution is 5.96. The third-order valence-corrected chi connectivity index (χ3v) is 2.93. The molecule has 0 spiro atoms. The molecule has 0 amide bonds. The van der Waals surface area contributed by atoms with Crippen molar-refractivity contribution in [2.45, 2.75) is 39.5 Å². The lowest BCUT2D eigenvalue weighted by Gasteiger charge is -2.17. The number of hydrogen-bond donors (Lipinski definition) is 1. The number of nitrogen functional groups attached to an aromatic ring is 1. The average molecular weight is 235 g/mol. The van der Waals surface area contributed by atoms with Gasteiger partial charge in [0.25, 0.3) is 0 Å². The molecule has 2 N–H and O–H groups in total. The van der Waals surface area contributed by atoms with Crippen molar-refractivity contribution in [2.24, 2.45) is 0 Å². The van der Waals surface area contributed by atoms with Crippen LogP contribution in [0.4, 0.5) is 5.69 Å². The third kappa shape index (κ3) is 2.78. The molecule has 17 heavy (non-hydrogen) atoms. The highest BCUT2D eigenvalue weighted by atomic mass is 16.5. The first-order valence-electron chi connectivity index (χ1n) is 5.90. The summed E-state index contributed by atoms with van der Waals surface area (Å²) in [5.41, 5.74) is 9.17. The van der Waals surface area contributed by atoms with E-state index in [1.807, 2.05) is 6.07 Å². The maximum atomic E-state index is 11.7. The molecule has 0 aliphatic heterocycles. The van der Waals surface area contributed by atoms with Gasteiger partial charge in [0, 0.05) is 5.69 Å². The molecule has 0 bridgehead atoms. The van der Waals surface area contributed by atoms with E-state index in [2.05, 4.69) is 33.8 Å². The van der Waals surface area contributed by atoms with Gasteiger partial charge in [-0.2, -0.15) is 0 Å². The zero-order chi connectivity index (χ0) is 13.2. The summed E-state index contributed by atoms with van der Waals surface area (Å²) in [5.74, 6) is 0.278. The fraction of sp³-hybridized carbons (Fsp3) is 0.500. The van der Waals surface area contributed by atoms with Gasteiger partial charge in [0.15, 0.2) is 0 Å². The summed E-state index contributed by atoms with van der Waals surface area (Å²) in [6, 6.07) is 3.91. The van der Waals surface area contributed by atoms with E-state index in [1.165, 1.54) is 7.11 Å². The second-order valence-electron chi connectivity index (χ2n) is 4.87. The van der Waals surface area contributed by atoms with Gasteiger partial charge in [-0.15, -0.1) is 0 Å². The number of hydrogen-bond acceptors (Lipinski definition) is 3. The van der Waals surface area contributed by atoms with E-state index < -0.39 is 0 Å². The molecule has 0 radical (unpaired) electrons. The molecule has 0 saturated carbocycles. The lowest BCUT2D eigenvalue weighted by atomic mass is 9.91. The quantitative estimate of drug-likeness (QED) is 0.646. The van der Waals surface area contributed by atoms with Crippen LogP contribution in [0.25, 0.3) is 0 Å². The van der Waals surface area contributed by atoms with E-state index in [0.717, 1.165) is 11.1 Å². The highest BCUT2D eigenvalue weighted by Crippen LogP contribution is 2.30. The van der Waals surface area contributed by atoms with E-state index in [0.29, 0.717) is 17.2 Å². The summed E-state index contributed by atoms with van der Waals surface area (Å²) >= 11 is 0. The average Bonchev–Trinajstić information content (AvgIpc) is 2.27. The van der Waals surface area contributed by atoms with Crippen LogP contribution in [0.3, 0.4) is 0 Å². The highest BCUT2D eigenvalue weighted by Gasteiger charge is 2.17. The van der Waals surface area contributed by atoms with Gasteiger partial charge >= 0.3 is 5.97 Å². The van der Waals surface area contributed by atoms with Crippen LogP contribution in [0, 0.1) is 0 Å². The number of rotatable bonds is 3. The van der Waals surface area contributed by atoms with Crippen LogP contribution < -0.4 is 5.73 Å². The molecular weight excluding hydrogens is 214 g/mol. The number of methoxy groups -OCH3 is 1. The molecule has 0 fully saturated rings. The van der Waals surface area contributed by atoms with Gasteiger partial charge in [0.05, 0.1) is 12.7 Å². The number of nitrogens with two attached hydrogens (primary N) is 1. The Labute approximate surface area is 103 Å². The van der Waals surface area contributed by atoms with E-state index in [-0.39, 0.29) is 11.9 Å². The molecule has 1 aromatic rings. The summed E-state index contributed by atoms with van der Waals surface area (Å²) in [4.78, 5) is 11.7. The molecule has 3 heteroatoms. The Bertz CT molecular complexity index is 422. The molecule has 0 aromatic heterocycles. The molecule has 0 atom stereocenters. The second kappa shape index (κ2) is 5.21. The Balaban J connectivity index is 3.43. The number of ether oxygens (including phenoxy) is 1. The number of carbonyl (C=O) groups is 1. The number of carbonyl (C=O) groups excluding carboxylic acids is 1. The number of anilines is 1. The molecule has 0 aliphatic rings. The predicted molar refractivity (Wildman–Crippen MR) is 70.4 cm³/mol. The molecular formula is C14H21NO2. The van der Waals surface area contributed by atoms with Crippen LogP contribution in [0.1, 0.15) is 61.0 Å². The van der Waals surface area contributed by atoms with Gasteiger partial charge in [-0.25, -0.2) is 4.79 Å². The molecule has 1 aromatic carbocycles. The number of esters is 1. The Kier molecular flexibility index (Phi) is 4.16. The third-order valence-electron chi connectivity index (χ3n) is 2.93. The zero-order valence-corrected chi connectivity index (χ0v) is 11.2. The van der Waals surface area contributed by atoms with Crippen molar-refractivity contribution in [3.8, 4) is 0 Å². The fourth-order valence-corrected chi connectivity index (χ4v) is 1.79. The minimum atomic E-state index is -0.369. The molecule has 0 aliphatic carbocycles. The van der Waals surface area contributed by atoms with E-state index in [1.54, 1.807) is 0 Å². The maximum Gasteiger partial charge on any atom is 0.339 e. The van der Waals surface area contributed by atoms with Crippen LogP contribution in [-0.2, 0) is 4.74 Å². The molecule has 0 unspecified atom stereocenters. The van der Waals surface area contributed by atoms with E-state index in [4.69, 9.17) is 10.5 Å². The summed E-state index contributed by atoms with van der Waals surface area (Å²) in [6.45, 7) is 8.32. The summed E-state index contributed by atoms with van der Waals surface area (Å²) in [7, 11) is 1.37. The fourth-order valence-electron chi connectivity index (χ4n) is 1.79. The maximum absolute atomic E-state index is 11.7. The molecule has 0 saturated heterocycles. The first-order valence-corrected chi connectivity index (χ1v) is 5.90.